The molecule has 0 bridgehead atoms. The van der Waals surface area contributed by atoms with E-state index in [4.69, 9.17) is 9.73 Å². The van der Waals surface area contributed by atoms with Crippen LogP contribution in [-0.2, 0) is 4.74 Å². The zero-order valence-electron chi connectivity index (χ0n) is 14.2. The first-order chi connectivity index (χ1) is 11.4. The first-order valence-corrected chi connectivity index (χ1v) is 9.02. The van der Waals surface area contributed by atoms with Gasteiger partial charge in [-0.2, -0.15) is 0 Å². The van der Waals surface area contributed by atoms with E-state index < -0.39 is 0 Å². The van der Waals surface area contributed by atoms with E-state index in [0.717, 1.165) is 51.3 Å². The van der Waals surface area contributed by atoms with Crippen LogP contribution in [0.4, 0.5) is 0 Å². The van der Waals surface area contributed by atoms with Crippen LogP contribution < -0.4 is 5.32 Å². The number of nitrogens with zero attached hydrogens (tertiary/aromatic N) is 2. The molecule has 1 aliphatic carbocycles. The van der Waals surface area contributed by atoms with E-state index in [-0.39, 0.29) is 0 Å². The fraction of sp³-hybridized carbons (Fsp3) is 0.632. The van der Waals surface area contributed by atoms with Crippen molar-refractivity contribution in [2.24, 2.45) is 10.9 Å². The fourth-order valence-corrected chi connectivity index (χ4v) is 3.13. The van der Waals surface area contributed by atoms with E-state index in [9.17, 15) is 0 Å². The Bertz CT molecular complexity index is 499. The summed E-state index contributed by atoms with van der Waals surface area (Å²) in [6, 6.07) is 10.8. The number of guanidine groups is 1. The van der Waals surface area contributed by atoms with Crippen LogP contribution in [0.1, 0.15) is 37.7 Å². The summed E-state index contributed by atoms with van der Waals surface area (Å²) in [6.45, 7) is 7.58. The van der Waals surface area contributed by atoms with Gasteiger partial charge in [-0.25, -0.2) is 0 Å². The average Bonchev–Trinajstić information content (AvgIpc) is 3.28. The van der Waals surface area contributed by atoms with Gasteiger partial charge in [0.05, 0.1) is 13.2 Å². The van der Waals surface area contributed by atoms with Crippen molar-refractivity contribution >= 4 is 5.96 Å². The van der Waals surface area contributed by atoms with Crippen molar-refractivity contribution < 1.29 is 4.74 Å². The molecular formula is C19H29N3O. The van der Waals surface area contributed by atoms with Gasteiger partial charge in [0.1, 0.15) is 0 Å². The minimum Gasteiger partial charge on any atom is -0.379 e. The van der Waals surface area contributed by atoms with Crippen molar-refractivity contribution in [2.75, 3.05) is 39.4 Å². The molecule has 0 radical (unpaired) electrons. The second kappa shape index (κ2) is 8.34. The number of hydrogen-bond acceptors (Lipinski definition) is 2. The molecule has 2 aliphatic rings. The predicted octanol–water partition coefficient (Wildman–Crippen LogP) is 2.87. The minimum absolute atomic E-state index is 0.617. The van der Waals surface area contributed by atoms with E-state index in [2.05, 4.69) is 47.5 Å². The van der Waals surface area contributed by atoms with Crippen molar-refractivity contribution in [3.05, 3.63) is 35.9 Å². The van der Waals surface area contributed by atoms with Gasteiger partial charge >= 0.3 is 0 Å². The van der Waals surface area contributed by atoms with E-state index in [1.54, 1.807) is 0 Å². The molecule has 1 aromatic rings. The zero-order chi connectivity index (χ0) is 15.9. The van der Waals surface area contributed by atoms with Gasteiger partial charge in [0.15, 0.2) is 5.96 Å². The van der Waals surface area contributed by atoms with Gasteiger partial charge in [-0.15, -0.1) is 0 Å². The molecule has 4 heteroatoms. The van der Waals surface area contributed by atoms with Crippen LogP contribution in [0.25, 0.3) is 0 Å². The summed E-state index contributed by atoms with van der Waals surface area (Å²) < 4.78 is 5.69. The SMILES string of the molecule is CCNC(=NCCOCC1CC1)N1CCC(c2ccccc2)C1. The molecule has 1 aromatic carbocycles. The first kappa shape index (κ1) is 16.3. The highest BCUT2D eigenvalue weighted by atomic mass is 16.5. The lowest BCUT2D eigenvalue weighted by molar-refractivity contribution is 0.131. The quantitative estimate of drug-likeness (QED) is 0.477. The second-order valence-electron chi connectivity index (χ2n) is 6.60. The third-order valence-corrected chi connectivity index (χ3v) is 4.64. The molecule has 1 atom stereocenters. The van der Waals surface area contributed by atoms with Crippen LogP contribution in [-0.4, -0.2) is 50.3 Å². The molecule has 1 aliphatic heterocycles. The lowest BCUT2D eigenvalue weighted by Gasteiger charge is -2.21. The fourth-order valence-electron chi connectivity index (χ4n) is 3.13. The number of ether oxygens (including phenoxy) is 1. The lowest BCUT2D eigenvalue weighted by Crippen LogP contribution is -2.40. The van der Waals surface area contributed by atoms with E-state index >= 15 is 0 Å². The maximum absolute atomic E-state index is 5.69. The van der Waals surface area contributed by atoms with Gasteiger partial charge in [0.2, 0.25) is 0 Å². The molecule has 0 amide bonds. The van der Waals surface area contributed by atoms with Crippen molar-refractivity contribution in [1.82, 2.24) is 10.2 Å². The van der Waals surface area contributed by atoms with Crippen LogP contribution in [0.3, 0.4) is 0 Å². The Kier molecular flexibility index (Phi) is 5.92. The van der Waals surface area contributed by atoms with Gasteiger partial charge in [0, 0.05) is 32.2 Å². The highest BCUT2D eigenvalue weighted by Crippen LogP contribution is 2.28. The van der Waals surface area contributed by atoms with E-state index in [1.807, 2.05) is 0 Å². The van der Waals surface area contributed by atoms with Crippen molar-refractivity contribution in [3.63, 3.8) is 0 Å². The minimum atomic E-state index is 0.617. The summed E-state index contributed by atoms with van der Waals surface area (Å²) >= 11 is 0. The van der Waals surface area contributed by atoms with E-state index in [1.165, 1.54) is 24.8 Å². The van der Waals surface area contributed by atoms with Crippen LogP contribution in [0.5, 0.6) is 0 Å². The first-order valence-electron chi connectivity index (χ1n) is 9.02. The van der Waals surface area contributed by atoms with Crippen molar-refractivity contribution in [3.8, 4) is 0 Å². The van der Waals surface area contributed by atoms with Gasteiger partial charge in [-0.3, -0.25) is 4.99 Å². The molecule has 3 rings (SSSR count). The lowest BCUT2D eigenvalue weighted by atomic mass is 9.99. The normalized spacial score (nSPS) is 21.7. The summed E-state index contributed by atoms with van der Waals surface area (Å²) in [6.07, 6.45) is 3.90. The Morgan fingerprint density at radius 3 is 2.83 bits per heavy atom. The largest absolute Gasteiger partial charge is 0.379 e. The Morgan fingerprint density at radius 2 is 2.09 bits per heavy atom. The molecule has 1 unspecified atom stereocenters. The van der Waals surface area contributed by atoms with E-state index in [0.29, 0.717) is 5.92 Å². The summed E-state index contributed by atoms with van der Waals surface area (Å²) in [7, 11) is 0. The zero-order valence-corrected chi connectivity index (χ0v) is 14.2. The number of likely N-dealkylation sites (tertiary alicyclic amines) is 1. The molecule has 1 heterocycles. The molecule has 23 heavy (non-hydrogen) atoms. The number of rotatable bonds is 7. The molecule has 1 N–H and O–H groups in total. The van der Waals surface area contributed by atoms with Crippen LogP contribution in [0.15, 0.2) is 35.3 Å². The standard InChI is InChI=1S/C19H29N3O/c1-2-20-19(21-11-13-23-15-16-8-9-16)22-12-10-18(14-22)17-6-4-3-5-7-17/h3-7,16,18H,2,8-15H2,1H3,(H,20,21). The Morgan fingerprint density at radius 1 is 1.26 bits per heavy atom. The van der Waals surface area contributed by atoms with Crippen molar-refractivity contribution in [1.29, 1.82) is 0 Å². The molecule has 4 nitrogen and oxygen atoms in total. The molecular weight excluding hydrogens is 286 g/mol. The second-order valence-corrected chi connectivity index (χ2v) is 6.60. The Hall–Kier alpha value is -1.55. The van der Waals surface area contributed by atoms with Crippen LogP contribution in [0.2, 0.25) is 0 Å². The monoisotopic (exact) mass is 315 g/mol. The summed E-state index contributed by atoms with van der Waals surface area (Å²) in [4.78, 5) is 7.14. The van der Waals surface area contributed by atoms with Crippen LogP contribution in [0, 0.1) is 5.92 Å². The molecule has 1 saturated heterocycles. The molecule has 2 fully saturated rings. The topological polar surface area (TPSA) is 36.9 Å². The number of nitrogens with one attached hydrogen (secondary N) is 1. The Balaban J connectivity index is 1.49. The highest BCUT2D eigenvalue weighted by molar-refractivity contribution is 5.80. The third-order valence-electron chi connectivity index (χ3n) is 4.64. The van der Waals surface area contributed by atoms with Gasteiger partial charge in [-0.1, -0.05) is 30.3 Å². The maximum atomic E-state index is 5.69. The number of hydrogen-bond donors (Lipinski definition) is 1. The average molecular weight is 315 g/mol. The summed E-state index contributed by atoms with van der Waals surface area (Å²) in [5.74, 6) is 2.49. The van der Waals surface area contributed by atoms with Crippen molar-refractivity contribution in [2.45, 2.75) is 32.1 Å². The van der Waals surface area contributed by atoms with Gasteiger partial charge in [0.25, 0.3) is 0 Å². The van der Waals surface area contributed by atoms with Gasteiger partial charge < -0.3 is 15.0 Å². The smallest absolute Gasteiger partial charge is 0.194 e. The predicted molar refractivity (Wildman–Crippen MR) is 94.9 cm³/mol. The number of aliphatic imine (C=N–C) groups is 1. The molecule has 126 valence electrons. The number of benzene rings is 1. The summed E-state index contributed by atoms with van der Waals surface area (Å²) in [5, 5.41) is 3.43. The highest BCUT2D eigenvalue weighted by Gasteiger charge is 2.25. The third kappa shape index (κ3) is 4.96. The van der Waals surface area contributed by atoms with Gasteiger partial charge in [-0.05, 0) is 37.7 Å². The molecule has 1 saturated carbocycles. The maximum Gasteiger partial charge on any atom is 0.194 e. The van der Waals surface area contributed by atoms with Crippen LogP contribution >= 0.6 is 0 Å². The summed E-state index contributed by atoms with van der Waals surface area (Å²) in [5.41, 5.74) is 1.44. The molecule has 0 aromatic heterocycles. The molecule has 0 spiro atoms. The Labute approximate surface area is 139 Å².